The maximum atomic E-state index is 11.5. The van der Waals surface area contributed by atoms with Gasteiger partial charge in [0.05, 0.1) is 5.75 Å². The van der Waals surface area contributed by atoms with E-state index in [1.54, 1.807) is 6.92 Å². The summed E-state index contributed by atoms with van der Waals surface area (Å²) < 4.78 is 25.4. The molecule has 0 radical (unpaired) electrons. The third kappa shape index (κ3) is 3.39. The molecule has 7 heteroatoms. The quantitative estimate of drug-likeness (QED) is 0.777. The molecule has 1 heterocycles. The summed E-state index contributed by atoms with van der Waals surface area (Å²) in [5.74, 6) is 0.712. The second-order valence-electron chi connectivity index (χ2n) is 3.29. The van der Waals surface area contributed by atoms with Crippen LogP contribution in [0.2, 0.25) is 0 Å². The summed E-state index contributed by atoms with van der Waals surface area (Å²) in [6.45, 7) is 3.64. The Kier molecular flexibility index (Phi) is 3.98. The summed E-state index contributed by atoms with van der Waals surface area (Å²) in [5, 5.41) is 6.57. The lowest BCUT2D eigenvalue weighted by Crippen LogP contribution is -2.17. The number of alkyl halides is 1. The first-order valence-corrected chi connectivity index (χ1v) is 6.73. The molecule has 86 valence electrons. The van der Waals surface area contributed by atoms with Gasteiger partial charge in [-0.05, 0) is 20.3 Å². The molecule has 0 aliphatic heterocycles. The van der Waals surface area contributed by atoms with E-state index in [9.17, 15) is 8.42 Å². The van der Waals surface area contributed by atoms with E-state index < -0.39 is 10.0 Å². The van der Waals surface area contributed by atoms with Crippen LogP contribution in [0.5, 0.6) is 0 Å². The number of hydrogen-bond donors (Lipinski definition) is 2. The van der Waals surface area contributed by atoms with Crippen LogP contribution < -0.4 is 4.72 Å². The van der Waals surface area contributed by atoms with Crippen LogP contribution in [0.4, 0.5) is 5.82 Å². The van der Waals surface area contributed by atoms with Gasteiger partial charge in [-0.3, -0.25) is 9.82 Å². The predicted molar refractivity (Wildman–Crippen MR) is 60.8 cm³/mol. The van der Waals surface area contributed by atoms with Gasteiger partial charge < -0.3 is 0 Å². The highest BCUT2D eigenvalue weighted by Crippen LogP contribution is 2.15. The number of aryl methyl sites for hydroxylation is 1. The fourth-order valence-electron chi connectivity index (χ4n) is 1.03. The van der Waals surface area contributed by atoms with E-state index in [4.69, 9.17) is 11.6 Å². The number of nitrogens with one attached hydrogen (secondary N) is 2. The molecule has 0 unspecified atom stereocenters. The van der Waals surface area contributed by atoms with Gasteiger partial charge in [0.15, 0.2) is 5.82 Å². The van der Waals surface area contributed by atoms with Crippen molar-refractivity contribution in [3.63, 3.8) is 0 Å². The monoisotopic (exact) mass is 251 g/mol. The Morgan fingerprint density at radius 3 is 2.60 bits per heavy atom. The minimum absolute atomic E-state index is 0.0157. The SMILES string of the molecule is Cc1[nH]nc(NS(=O)(=O)CCCCl)c1C. The van der Waals surface area contributed by atoms with Crippen molar-refractivity contribution >= 4 is 27.4 Å². The van der Waals surface area contributed by atoms with Crippen molar-refractivity contribution < 1.29 is 8.42 Å². The molecule has 0 spiro atoms. The highest BCUT2D eigenvalue weighted by Gasteiger charge is 2.14. The Labute approximate surface area is 94.3 Å². The number of halogens is 1. The van der Waals surface area contributed by atoms with Crippen molar-refractivity contribution in [2.24, 2.45) is 0 Å². The molecule has 15 heavy (non-hydrogen) atoms. The van der Waals surface area contributed by atoms with Crippen LogP contribution in [-0.2, 0) is 10.0 Å². The third-order valence-electron chi connectivity index (χ3n) is 2.05. The smallest absolute Gasteiger partial charge is 0.233 e. The molecular weight excluding hydrogens is 238 g/mol. The maximum absolute atomic E-state index is 11.5. The predicted octanol–water partition coefficient (Wildman–Crippen LogP) is 1.40. The van der Waals surface area contributed by atoms with E-state index >= 15 is 0 Å². The Morgan fingerprint density at radius 1 is 1.47 bits per heavy atom. The second-order valence-corrected chi connectivity index (χ2v) is 5.51. The van der Waals surface area contributed by atoms with Crippen molar-refractivity contribution in [3.8, 4) is 0 Å². The molecule has 0 atom stereocenters. The minimum atomic E-state index is -3.32. The molecule has 0 aliphatic carbocycles. The van der Waals surface area contributed by atoms with E-state index in [-0.39, 0.29) is 5.75 Å². The summed E-state index contributed by atoms with van der Waals surface area (Å²) in [7, 11) is -3.32. The molecule has 0 aromatic carbocycles. The fourth-order valence-corrected chi connectivity index (χ4v) is 2.44. The lowest BCUT2D eigenvalue weighted by molar-refractivity contribution is 0.599. The first-order chi connectivity index (χ1) is 6.96. The fraction of sp³-hybridized carbons (Fsp3) is 0.625. The third-order valence-corrected chi connectivity index (χ3v) is 3.65. The number of H-pyrrole nitrogens is 1. The van der Waals surface area contributed by atoms with Crippen LogP contribution in [0.3, 0.4) is 0 Å². The number of aromatic amines is 1. The molecule has 0 aliphatic rings. The van der Waals surface area contributed by atoms with E-state index in [1.165, 1.54) is 0 Å². The highest BCUT2D eigenvalue weighted by molar-refractivity contribution is 7.92. The normalized spacial score (nSPS) is 11.7. The average Bonchev–Trinajstić information content (AvgIpc) is 2.46. The van der Waals surface area contributed by atoms with Crippen molar-refractivity contribution in [2.45, 2.75) is 20.3 Å². The number of anilines is 1. The topological polar surface area (TPSA) is 74.8 Å². The number of aromatic nitrogens is 2. The molecular formula is C8H14ClN3O2S. The van der Waals surface area contributed by atoms with Crippen LogP contribution in [0.15, 0.2) is 0 Å². The Morgan fingerprint density at radius 2 is 2.13 bits per heavy atom. The zero-order chi connectivity index (χ0) is 11.5. The van der Waals surface area contributed by atoms with E-state index in [0.717, 1.165) is 11.3 Å². The van der Waals surface area contributed by atoms with Gasteiger partial charge >= 0.3 is 0 Å². The van der Waals surface area contributed by atoms with E-state index in [2.05, 4.69) is 14.9 Å². The number of hydrogen-bond acceptors (Lipinski definition) is 3. The van der Waals surface area contributed by atoms with Crippen LogP contribution >= 0.6 is 11.6 Å². The molecule has 1 aromatic rings. The summed E-state index contributed by atoms with van der Waals surface area (Å²) >= 11 is 5.43. The minimum Gasteiger partial charge on any atom is -0.280 e. The van der Waals surface area contributed by atoms with E-state index in [1.807, 2.05) is 6.92 Å². The second kappa shape index (κ2) is 4.85. The lowest BCUT2D eigenvalue weighted by atomic mass is 10.3. The highest BCUT2D eigenvalue weighted by atomic mass is 35.5. The molecule has 0 amide bonds. The summed E-state index contributed by atoms with van der Waals surface area (Å²) in [6.07, 6.45) is 0.430. The molecule has 2 N–H and O–H groups in total. The molecule has 5 nitrogen and oxygen atoms in total. The number of sulfonamides is 1. The summed E-state index contributed by atoms with van der Waals surface area (Å²) in [6, 6.07) is 0. The largest absolute Gasteiger partial charge is 0.280 e. The van der Waals surface area contributed by atoms with Gasteiger partial charge in [0.1, 0.15) is 0 Å². The molecule has 0 fully saturated rings. The van der Waals surface area contributed by atoms with Gasteiger partial charge in [0, 0.05) is 17.1 Å². The Hall–Kier alpha value is -0.750. The molecule has 0 bridgehead atoms. The molecule has 0 saturated heterocycles. The van der Waals surface area contributed by atoms with Crippen LogP contribution in [0.25, 0.3) is 0 Å². The summed E-state index contributed by atoms with van der Waals surface area (Å²) in [5.41, 5.74) is 1.66. The van der Waals surface area contributed by atoms with Gasteiger partial charge in [0.2, 0.25) is 10.0 Å². The van der Waals surface area contributed by atoms with Gasteiger partial charge in [-0.25, -0.2) is 8.42 Å². The van der Waals surface area contributed by atoms with Crippen molar-refractivity contribution in [2.75, 3.05) is 16.4 Å². The average molecular weight is 252 g/mol. The Balaban J connectivity index is 2.73. The van der Waals surface area contributed by atoms with Gasteiger partial charge in [0.25, 0.3) is 0 Å². The molecule has 1 aromatic heterocycles. The van der Waals surface area contributed by atoms with Crippen molar-refractivity contribution in [1.82, 2.24) is 10.2 Å². The van der Waals surface area contributed by atoms with Gasteiger partial charge in [-0.1, -0.05) is 0 Å². The maximum Gasteiger partial charge on any atom is 0.233 e. The van der Waals surface area contributed by atoms with E-state index in [0.29, 0.717) is 18.1 Å². The van der Waals surface area contributed by atoms with Gasteiger partial charge in [-0.2, -0.15) is 5.10 Å². The van der Waals surface area contributed by atoms with Crippen LogP contribution in [-0.4, -0.2) is 30.2 Å². The lowest BCUT2D eigenvalue weighted by Gasteiger charge is -2.04. The van der Waals surface area contributed by atoms with Crippen molar-refractivity contribution in [3.05, 3.63) is 11.3 Å². The number of nitrogens with zero attached hydrogens (tertiary/aromatic N) is 1. The first kappa shape index (κ1) is 12.3. The molecule has 0 saturated carbocycles. The standard InChI is InChI=1S/C8H14ClN3O2S/c1-6-7(2)10-11-8(6)12-15(13,14)5-3-4-9/h3-5H2,1-2H3,(H2,10,11,12). The van der Waals surface area contributed by atoms with Crippen LogP contribution in [0, 0.1) is 13.8 Å². The zero-order valence-electron chi connectivity index (χ0n) is 8.67. The Bertz CT molecular complexity index is 427. The van der Waals surface area contributed by atoms with Crippen molar-refractivity contribution in [1.29, 1.82) is 0 Å². The first-order valence-electron chi connectivity index (χ1n) is 4.54. The number of rotatable bonds is 5. The zero-order valence-corrected chi connectivity index (χ0v) is 10.2. The van der Waals surface area contributed by atoms with Gasteiger partial charge in [-0.15, -0.1) is 11.6 Å². The molecule has 1 rings (SSSR count). The summed E-state index contributed by atoms with van der Waals surface area (Å²) in [4.78, 5) is 0. The van der Waals surface area contributed by atoms with Crippen LogP contribution in [0.1, 0.15) is 17.7 Å².